The molecule has 6 nitrogen and oxygen atoms in total. The van der Waals surface area contributed by atoms with E-state index >= 15 is 0 Å². The number of nitrogens with one attached hydrogen (secondary N) is 2. The number of fused-ring (bicyclic) bond motifs is 4. The minimum absolute atomic E-state index is 0.0852. The number of anilines is 2. The Bertz CT molecular complexity index is 1690. The number of para-hydroxylation sites is 4. The van der Waals surface area contributed by atoms with Crippen LogP contribution in [0.2, 0.25) is 0 Å². The first-order valence-corrected chi connectivity index (χ1v) is 12.8. The number of carbonyl (C=O) groups excluding carboxylic acids is 2. The lowest BCUT2D eigenvalue weighted by Crippen LogP contribution is -2.14. The molecular formula is C32H26N4O2. The van der Waals surface area contributed by atoms with Crippen LogP contribution in [0.3, 0.4) is 0 Å². The fraction of sp³-hybridized carbons (Fsp3) is 0.125. The fourth-order valence-corrected chi connectivity index (χ4v) is 4.80. The van der Waals surface area contributed by atoms with Crippen molar-refractivity contribution in [2.75, 3.05) is 10.6 Å². The molecule has 2 heterocycles. The van der Waals surface area contributed by atoms with Crippen LogP contribution in [0.15, 0.2) is 97.1 Å². The molecule has 0 unspecified atom stereocenters. The van der Waals surface area contributed by atoms with Crippen LogP contribution in [-0.2, 0) is 9.59 Å². The van der Waals surface area contributed by atoms with Gasteiger partial charge >= 0.3 is 0 Å². The van der Waals surface area contributed by atoms with Crippen LogP contribution < -0.4 is 10.6 Å². The van der Waals surface area contributed by atoms with E-state index in [1.54, 1.807) is 0 Å². The van der Waals surface area contributed by atoms with Gasteiger partial charge in [0.25, 0.3) is 0 Å². The minimum atomic E-state index is -0.0852. The maximum atomic E-state index is 12.7. The van der Waals surface area contributed by atoms with Gasteiger partial charge in [0.15, 0.2) is 0 Å². The zero-order valence-electron chi connectivity index (χ0n) is 20.8. The smallest absolute Gasteiger partial charge is 0.224 e. The van der Waals surface area contributed by atoms with E-state index in [1.807, 2.05) is 84.9 Å². The maximum absolute atomic E-state index is 12.7. The Morgan fingerprint density at radius 2 is 0.947 bits per heavy atom. The predicted octanol–water partition coefficient (Wildman–Crippen LogP) is 7.23. The highest BCUT2D eigenvalue weighted by Gasteiger charge is 2.11. The number of unbranched alkanes of at least 4 members (excludes halogenated alkanes) is 1. The molecule has 0 radical (unpaired) electrons. The van der Waals surface area contributed by atoms with E-state index in [9.17, 15) is 9.59 Å². The SMILES string of the molecule is O=C(CCCCC(=O)Nc1cccc2cc3ccccc3nc12)Nc1cccc2cc3ccccc3nc12. The van der Waals surface area contributed by atoms with E-state index in [0.29, 0.717) is 37.1 Å². The topological polar surface area (TPSA) is 84.0 Å². The Morgan fingerprint density at radius 1 is 0.526 bits per heavy atom. The van der Waals surface area contributed by atoms with Crippen molar-refractivity contribution in [1.82, 2.24) is 9.97 Å². The third-order valence-electron chi connectivity index (χ3n) is 6.70. The van der Waals surface area contributed by atoms with Gasteiger partial charge in [0.05, 0.1) is 33.4 Å². The molecule has 0 saturated heterocycles. The number of carbonyl (C=O) groups is 2. The molecule has 38 heavy (non-hydrogen) atoms. The van der Waals surface area contributed by atoms with Crippen molar-refractivity contribution < 1.29 is 9.59 Å². The van der Waals surface area contributed by atoms with Crippen LogP contribution in [0.1, 0.15) is 25.7 Å². The van der Waals surface area contributed by atoms with Crippen LogP contribution >= 0.6 is 0 Å². The van der Waals surface area contributed by atoms with Gasteiger partial charge in [-0.1, -0.05) is 60.7 Å². The van der Waals surface area contributed by atoms with Crippen LogP contribution in [0.5, 0.6) is 0 Å². The molecule has 0 aliphatic heterocycles. The zero-order chi connectivity index (χ0) is 25.9. The number of hydrogen-bond donors (Lipinski definition) is 2. The van der Waals surface area contributed by atoms with Crippen molar-refractivity contribution in [1.29, 1.82) is 0 Å². The molecule has 0 aliphatic rings. The standard InChI is InChI=1S/C32H26N4O2/c37-29(33-27-15-7-11-23-19-21-9-1-3-13-25(21)35-31(23)27)17-5-6-18-30(38)34-28-16-8-12-24-20-22-10-2-4-14-26(22)36-32(24)28/h1-4,7-16,19-20H,5-6,17-18H2,(H,33,37)(H,34,38). The van der Waals surface area contributed by atoms with Crippen LogP contribution in [0, 0.1) is 0 Å². The monoisotopic (exact) mass is 498 g/mol. The highest BCUT2D eigenvalue weighted by molar-refractivity contribution is 6.05. The number of nitrogens with zero attached hydrogens (tertiary/aromatic N) is 2. The summed E-state index contributed by atoms with van der Waals surface area (Å²) in [6.45, 7) is 0. The minimum Gasteiger partial charge on any atom is -0.324 e. The maximum Gasteiger partial charge on any atom is 0.224 e. The molecular weight excluding hydrogens is 472 g/mol. The van der Waals surface area contributed by atoms with E-state index in [2.05, 4.69) is 22.8 Å². The van der Waals surface area contributed by atoms with Crippen molar-refractivity contribution in [2.24, 2.45) is 0 Å². The summed E-state index contributed by atoms with van der Waals surface area (Å²) in [6, 6.07) is 31.6. The first-order chi connectivity index (χ1) is 18.6. The third-order valence-corrected chi connectivity index (χ3v) is 6.70. The molecule has 0 aliphatic carbocycles. The molecule has 2 amide bonds. The second-order valence-corrected chi connectivity index (χ2v) is 9.42. The van der Waals surface area contributed by atoms with Gasteiger partial charge in [-0.15, -0.1) is 0 Å². The normalized spacial score (nSPS) is 11.3. The highest BCUT2D eigenvalue weighted by Crippen LogP contribution is 2.27. The van der Waals surface area contributed by atoms with E-state index in [1.165, 1.54) is 0 Å². The number of aromatic nitrogens is 2. The number of hydrogen-bond acceptors (Lipinski definition) is 4. The van der Waals surface area contributed by atoms with E-state index in [0.717, 1.165) is 43.6 Å². The summed E-state index contributed by atoms with van der Waals surface area (Å²) in [7, 11) is 0. The lowest BCUT2D eigenvalue weighted by molar-refractivity contribution is -0.118. The molecule has 2 aromatic heterocycles. The van der Waals surface area contributed by atoms with Gasteiger partial charge in [-0.3, -0.25) is 9.59 Å². The van der Waals surface area contributed by atoms with Gasteiger partial charge in [-0.2, -0.15) is 0 Å². The summed E-state index contributed by atoms with van der Waals surface area (Å²) in [5, 5.41) is 10.1. The number of pyridine rings is 2. The van der Waals surface area contributed by atoms with Crippen LogP contribution in [-0.4, -0.2) is 21.8 Å². The van der Waals surface area contributed by atoms with Gasteiger partial charge < -0.3 is 10.6 Å². The molecule has 6 aromatic rings. The Hall–Kier alpha value is -4.84. The van der Waals surface area contributed by atoms with Gasteiger partial charge in [0.2, 0.25) is 11.8 Å². The Labute approximate surface area is 219 Å². The quantitative estimate of drug-likeness (QED) is 0.180. The Morgan fingerprint density at radius 3 is 1.42 bits per heavy atom. The molecule has 4 aromatic carbocycles. The molecule has 0 atom stereocenters. The predicted molar refractivity (Wildman–Crippen MR) is 154 cm³/mol. The largest absolute Gasteiger partial charge is 0.324 e. The lowest BCUT2D eigenvalue weighted by atomic mass is 10.1. The molecule has 6 rings (SSSR count). The molecule has 0 spiro atoms. The van der Waals surface area contributed by atoms with Gasteiger partial charge in [-0.05, 0) is 49.2 Å². The summed E-state index contributed by atoms with van der Waals surface area (Å²) in [4.78, 5) is 34.8. The fourth-order valence-electron chi connectivity index (χ4n) is 4.80. The summed E-state index contributed by atoms with van der Waals surface area (Å²) < 4.78 is 0. The number of benzene rings is 4. The van der Waals surface area contributed by atoms with Crippen molar-refractivity contribution in [3.05, 3.63) is 97.1 Å². The summed E-state index contributed by atoms with van der Waals surface area (Å²) in [5.74, 6) is -0.170. The van der Waals surface area contributed by atoms with Crippen LogP contribution in [0.25, 0.3) is 43.6 Å². The van der Waals surface area contributed by atoms with Crippen LogP contribution in [0.4, 0.5) is 11.4 Å². The molecule has 6 heteroatoms. The average molecular weight is 499 g/mol. The molecule has 0 saturated carbocycles. The number of amides is 2. The molecule has 0 fully saturated rings. The van der Waals surface area contributed by atoms with E-state index < -0.39 is 0 Å². The van der Waals surface area contributed by atoms with E-state index in [4.69, 9.17) is 9.97 Å². The van der Waals surface area contributed by atoms with Crippen molar-refractivity contribution in [3.63, 3.8) is 0 Å². The zero-order valence-corrected chi connectivity index (χ0v) is 20.8. The molecule has 2 N–H and O–H groups in total. The molecule has 186 valence electrons. The van der Waals surface area contributed by atoms with Crippen molar-refractivity contribution in [2.45, 2.75) is 25.7 Å². The van der Waals surface area contributed by atoms with Crippen molar-refractivity contribution in [3.8, 4) is 0 Å². The summed E-state index contributed by atoms with van der Waals surface area (Å²) in [6.07, 6.45) is 1.88. The van der Waals surface area contributed by atoms with Crippen molar-refractivity contribution >= 4 is 66.8 Å². The first kappa shape index (κ1) is 23.6. The lowest BCUT2D eigenvalue weighted by Gasteiger charge is -2.10. The Kier molecular flexibility index (Phi) is 6.36. The molecule has 0 bridgehead atoms. The number of rotatable bonds is 7. The third kappa shape index (κ3) is 4.89. The first-order valence-electron chi connectivity index (χ1n) is 12.8. The second-order valence-electron chi connectivity index (χ2n) is 9.42. The van der Waals surface area contributed by atoms with Gasteiger partial charge in [0, 0.05) is 34.4 Å². The van der Waals surface area contributed by atoms with Gasteiger partial charge in [-0.25, -0.2) is 9.97 Å². The average Bonchev–Trinajstić information content (AvgIpc) is 2.94. The Balaban J connectivity index is 1.05. The highest BCUT2D eigenvalue weighted by atomic mass is 16.2. The van der Waals surface area contributed by atoms with E-state index in [-0.39, 0.29) is 11.8 Å². The van der Waals surface area contributed by atoms with Gasteiger partial charge in [0.1, 0.15) is 0 Å². The second kappa shape index (κ2) is 10.3. The summed E-state index contributed by atoms with van der Waals surface area (Å²) >= 11 is 0. The summed E-state index contributed by atoms with van der Waals surface area (Å²) in [5.41, 5.74) is 4.73.